The molecule has 4 rings (SSSR count). The molecule has 1 aromatic carbocycles. The number of anilines is 1. The Kier molecular flexibility index (Phi) is 6.89. The number of hydrogen-bond acceptors (Lipinski definition) is 5. The maximum absolute atomic E-state index is 13.6. The highest BCUT2D eigenvalue weighted by Crippen LogP contribution is 2.76. The lowest BCUT2D eigenvalue weighted by molar-refractivity contribution is -0.146. The minimum atomic E-state index is -2.24. The number of amides is 1. The number of halogens is 6. The molecule has 186 valence electrons. The summed E-state index contributed by atoms with van der Waals surface area (Å²) in [6.07, 6.45) is 0. The molecule has 2 aromatic rings. The summed E-state index contributed by atoms with van der Waals surface area (Å²) in [6, 6.07) is 7.38. The highest BCUT2D eigenvalue weighted by atomic mass is 35.5. The van der Waals surface area contributed by atoms with Crippen molar-refractivity contribution in [1.82, 2.24) is 0 Å². The Morgan fingerprint density at radius 1 is 1.00 bits per heavy atom. The number of aryl methyl sites for hydroxylation is 1. The molecule has 1 fully saturated rings. The number of aliphatic carboxylic acids is 1. The Balaban J connectivity index is 1.80. The average Bonchev–Trinajstić information content (AvgIpc) is 3.30. The van der Waals surface area contributed by atoms with E-state index in [1.54, 1.807) is 5.38 Å². The van der Waals surface area contributed by atoms with Gasteiger partial charge in [0.25, 0.3) is 0 Å². The summed E-state index contributed by atoms with van der Waals surface area (Å²) in [5.74, 6) is -6.50. The van der Waals surface area contributed by atoms with Crippen LogP contribution in [-0.2, 0) is 14.3 Å². The minimum absolute atomic E-state index is 0.0802. The Bertz CT molecular complexity index is 1290. The molecule has 13 heteroatoms. The normalized spacial score (nSPS) is 28.8. The number of esters is 1. The van der Waals surface area contributed by atoms with Crippen molar-refractivity contribution in [2.24, 2.45) is 11.8 Å². The lowest BCUT2D eigenvalue weighted by Gasteiger charge is -2.33. The van der Waals surface area contributed by atoms with Gasteiger partial charge in [0.2, 0.25) is 5.91 Å². The fraction of sp³-hybridized carbons (Fsp3) is 0.318. The van der Waals surface area contributed by atoms with Gasteiger partial charge in [-0.05, 0) is 12.5 Å². The lowest BCUT2D eigenvalue weighted by Crippen LogP contribution is -2.47. The first kappa shape index (κ1) is 26.9. The van der Waals surface area contributed by atoms with Crippen LogP contribution >= 0.6 is 80.9 Å². The van der Waals surface area contributed by atoms with Crippen molar-refractivity contribution < 1.29 is 24.2 Å². The van der Waals surface area contributed by atoms with Crippen molar-refractivity contribution >= 4 is 104 Å². The van der Waals surface area contributed by atoms with E-state index < -0.39 is 43.8 Å². The molecule has 2 N–H and O–H groups in total. The van der Waals surface area contributed by atoms with E-state index in [1.165, 1.54) is 7.11 Å². The van der Waals surface area contributed by atoms with Gasteiger partial charge >= 0.3 is 11.9 Å². The molecule has 1 aromatic heterocycles. The molecule has 35 heavy (non-hydrogen) atoms. The SMILES string of the molecule is COC(=O)c1c(-c2ccc(C)cc2)csc1NC(=O)[C@H]1[C@H](C(=O)O)[C@]2(Cl)C(Cl)=C(Cl)[C@]1(Cl)C2(Cl)Cl. The molecule has 1 saturated carbocycles. The maximum Gasteiger partial charge on any atom is 0.341 e. The van der Waals surface area contributed by atoms with E-state index in [0.717, 1.165) is 16.9 Å². The van der Waals surface area contributed by atoms with Crippen LogP contribution in [0.2, 0.25) is 0 Å². The fourth-order valence-electron chi connectivity index (χ4n) is 4.52. The molecule has 2 aliphatic carbocycles. The van der Waals surface area contributed by atoms with E-state index >= 15 is 0 Å². The van der Waals surface area contributed by atoms with Gasteiger partial charge in [-0.1, -0.05) is 76.2 Å². The van der Waals surface area contributed by atoms with Gasteiger partial charge in [0.1, 0.15) is 20.3 Å². The maximum atomic E-state index is 13.6. The number of rotatable bonds is 5. The van der Waals surface area contributed by atoms with Crippen molar-refractivity contribution in [3.05, 3.63) is 50.8 Å². The van der Waals surface area contributed by atoms with Crippen LogP contribution < -0.4 is 5.32 Å². The van der Waals surface area contributed by atoms with Crippen molar-refractivity contribution in [2.75, 3.05) is 12.4 Å². The topological polar surface area (TPSA) is 92.7 Å². The van der Waals surface area contributed by atoms with Crippen molar-refractivity contribution in [3.8, 4) is 11.1 Å². The predicted molar refractivity (Wildman–Crippen MR) is 139 cm³/mol. The number of carboxylic acid groups (broad SMARTS) is 1. The second kappa shape index (κ2) is 8.98. The zero-order chi connectivity index (χ0) is 26.1. The number of carboxylic acids is 1. The fourth-order valence-corrected chi connectivity index (χ4v) is 8.41. The summed E-state index contributed by atoms with van der Waals surface area (Å²) in [5.41, 5.74) is 2.32. The number of nitrogens with one attached hydrogen (secondary N) is 1. The number of fused-ring (bicyclic) bond motifs is 2. The third kappa shape index (κ3) is 3.54. The third-order valence-electron chi connectivity index (χ3n) is 6.26. The van der Waals surface area contributed by atoms with Gasteiger partial charge in [-0.3, -0.25) is 9.59 Å². The van der Waals surface area contributed by atoms with Crippen molar-refractivity contribution in [1.29, 1.82) is 0 Å². The minimum Gasteiger partial charge on any atom is -0.481 e. The Hall–Kier alpha value is -1.19. The summed E-state index contributed by atoms with van der Waals surface area (Å²) >= 11 is 39.8. The smallest absolute Gasteiger partial charge is 0.341 e. The average molecular weight is 618 g/mol. The number of carbonyl (C=O) groups is 3. The monoisotopic (exact) mass is 615 g/mol. The molecule has 2 aliphatic rings. The summed E-state index contributed by atoms with van der Waals surface area (Å²) in [7, 11) is 1.20. The molecule has 0 radical (unpaired) electrons. The van der Waals surface area contributed by atoms with Gasteiger partial charge in [0.15, 0.2) is 4.33 Å². The van der Waals surface area contributed by atoms with Crippen molar-refractivity contribution in [3.63, 3.8) is 0 Å². The predicted octanol–water partition coefficient (Wildman–Crippen LogP) is 6.61. The molecule has 2 bridgehead atoms. The van der Waals surface area contributed by atoms with Crippen LogP contribution in [0.5, 0.6) is 0 Å². The van der Waals surface area contributed by atoms with E-state index in [0.29, 0.717) is 11.1 Å². The second-order valence-electron chi connectivity index (χ2n) is 8.12. The van der Waals surface area contributed by atoms with Crippen LogP contribution in [0.4, 0.5) is 5.00 Å². The van der Waals surface area contributed by atoms with Gasteiger partial charge in [-0.15, -0.1) is 34.5 Å². The van der Waals surface area contributed by atoms with Gasteiger partial charge in [0, 0.05) is 10.9 Å². The highest BCUT2D eigenvalue weighted by Gasteiger charge is 2.85. The number of methoxy groups -OCH3 is 1. The van der Waals surface area contributed by atoms with Gasteiger partial charge in [0.05, 0.1) is 29.0 Å². The number of alkyl halides is 4. The van der Waals surface area contributed by atoms with E-state index in [9.17, 15) is 19.5 Å². The van der Waals surface area contributed by atoms with E-state index in [-0.39, 0.29) is 20.6 Å². The first-order chi connectivity index (χ1) is 16.2. The second-order valence-corrected chi connectivity index (χ2v) is 12.3. The van der Waals surface area contributed by atoms with E-state index in [4.69, 9.17) is 74.3 Å². The number of allylic oxidation sites excluding steroid dienone is 2. The van der Waals surface area contributed by atoms with Crippen LogP contribution in [0, 0.1) is 18.8 Å². The molecule has 6 nitrogen and oxygen atoms in total. The van der Waals surface area contributed by atoms with Gasteiger partial charge < -0.3 is 15.2 Å². The molecule has 0 saturated heterocycles. The number of ether oxygens (including phenoxy) is 1. The quantitative estimate of drug-likeness (QED) is 0.291. The molecule has 0 unspecified atom stereocenters. The number of carbonyl (C=O) groups excluding carboxylic acids is 2. The van der Waals surface area contributed by atoms with Crippen LogP contribution in [0.25, 0.3) is 11.1 Å². The number of hydrogen-bond donors (Lipinski definition) is 2. The van der Waals surface area contributed by atoms with Crippen LogP contribution in [-0.4, -0.2) is 44.1 Å². The number of benzene rings is 1. The molecule has 0 aliphatic heterocycles. The Labute approximate surface area is 234 Å². The third-order valence-corrected chi connectivity index (χ3v) is 11.4. The molecule has 0 spiro atoms. The van der Waals surface area contributed by atoms with Crippen LogP contribution in [0.3, 0.4) is 0 Å². The zero-order valence-electron chi connectivity index (χ0n) is 17.8. The van der Waals surface area contributed by atoms with Crippen LogP contribution in [0.15, 0.2) is 39.7 Å². The van der Waals surface area contributed by atoms with E-state index in [1.807, 2.05) is 31.2 Å². The Morgan fingerprint density at radius 2 is 1.54 bits per heavy atom. The lowest BCUT2D eigenvalue weighted by atomic mass is 9.81. The Morgan fingerprint density at radius 3 is 2.06 bits per heavy atom. The molecular weight excluding hydrogens is 603 g/mol. The van der Waals surface area contributed by atoms with Crippen molar-refractivity contribution in [2.45, 2.75) is 21.0 Å². The largest absolute Gasteiger partial charge is 0.481 e. The first-order valence-electron chi connectivity index (χ1n) is 9.87. The first-order valence-corrected chi connectivity index (χ1v) is 13.0. The van der Waals surface area contributed by atoms with E-state index in [2.05, 4.69) is 5.32 Å². The van der Waals surface area contributed by atoms with Gasteiger partial charge in [-0.25, -0.2) is 4.79 Å². The highest BCUT2D eigenvalue weighted by molar-refractivity contribution is 7.15. The summed E-state index contributed by atoms with van der Waals surface area (Å²) in [4.78, 5) is 34.2. The zero-order valence-corrected chi connectivity index (χ0v) is 23.1. The summed E-state index contributed by atoms with van der Waals surface area (Å²) in [5, 5.41) is 13.6. The molecule has 4 atom stereocenters. The standard InChI is InChI=1S/C22H15Cl6NO5S/c1-8-3-5-9(6-4-8)10-7-35-17(11(10)19(33)34-2)29-16(30)12-13(18(31)32)21(26)15(24)14(23)20(12,25)22(21,27)28/h3-7,12-13H,1-2H3,(H,29,30)(H,31,32)/t12-,13-,20+,21+/m1/s1. The molecule has 1 heterocycles. The van der Waals surface area contributed by atoms with Gasteiger partial charge in [-0.2, -0.15) is 0 Å². The number of thiophene rings is 1. The summed E-state index contributed by atoms with van der Waals surface area (Å²) in [6.45, 7) is 1.92. The molecule has 1 amide bonds. The summed E-state index contributed by atoms with van der Waals surface area (Å²) < 4.78 is 2.68. The van der Waals surface area contributed by atoms with Crippen LogP contribution in [0.1, 0.15) is 15.9 Å². The molecular formula is C22H15Cl6NO5S.